The zero-order chi connectivity index (χ0) is 14.7. The Morgan fingerprint density at radius 1 is 1.55 bits per heavy atom. The quantitative estimate of drug-likeness (QED) is 0.452. The van der Waals surface area contributed by atoms with Gasteiger partial charge in [-0.2, -0.15) is 0 Å². The second-order valence-electron chi connectivity index (χ2n) is 3.82. The third-order valence-electron chi connectivity index (χ3n) is 2.71. The van der Waals surface area contributed by atoms with Crippen LogP contribution >= 0.6 is 0 Å². The summed E-state index contributed by atoms with van der Waals surface area (Å²) in [5.74, 6) is -1.67. The number of H-pyrrole nitrogens is 2. The van der Waals surface area contributed by atoms with Gasteiger partial charge >= 0.3 is 11.8 Å². The highest BCUT2D eigenvalue weighted by Gasteiger charge is 2.24. The molecule has 0 aromatic carbocycles. The molecule has 0 saturated heterocycles. The summed E-state index contributed by atoms with van der Waals surface area (Å²) >= 11 is 0. The molecule has 0 aliphatic carbocycles. The number of fused-ring (bicyclic) bond motifs is 1. The summed E-state index contributed by atoms with van der Waals surface area (Å²) < 4.78 is 5.15. The predicted molar refractivity (Wildman–Crippen MR) is 70.3 cm³/mol. The number of rotatable bonds is 5. The first-order valence-electron chi connectivity index (χ1n) is 5.60. The van der Waals surface area contributed by atoms with E-state index < -0.39 is 11.8 Å². The van der Waals surface area contributed by atoms with Crippen LogP contribution < -0.4 is 20.8 Å². The topological polar surface area (TPSA) is 132 Å². The molecule has 0 aliphatic heterocycles. The molecule has 0 fully saturated rings. The van der Waals surface area contributed by atoms with Gasteiger partial charge in [-0.1, -0.05) is 0 Å². The van der Waals surface area contributed by atoms with E-state index in [-0.39, 0.29) is 5.56 Å². The van der Waals surface area contributed by atoms with E-state index in [1.54, 1.807) is 0 Å². The maximum atomic E-state index is 11.7. The number of carbonyl (C=O) groups excluding carboxylic acids is 1. The predicted octanol–water partition coefficient (Wildman–Crippen LogP) is 0.0997. The van der Waals surface area contributed by atoms with E-state index in [9.17, 15) is 9.59 Å². The molecule has 0 unspecified atom stereocenters. The van der Waals surface area contributed by atoms with Crippen molar-refractivity contribution >= 4 is 28.5 Å². The number of methoxy groups -OCH3 is 1. The Hall–Kier alpha value is -3.03. The number of hydrogen-bond acceptors (Lipinski definition) is 5. The number of nitrogens with two attached hydrogens (primary N) is 1. The number of aromatic nitrogens is 2. The first-order chi connectivity index (χ1) is 9.60. The summed E-state index contributed by atoms with van der Waals surface area (Å²) in [6.45, 7) is 0. The molecule has 20 heavy (non-hydrogen) atoms. The smallest absolute Gasteiger partial charge is 0.377 e. The Morgan fingerprint density at radius 3 is 2.90 bits per heavy atom. The van der Waals surface area contributed by atoms with Crippen LogP contribution in [-0.4, -0.2) is 29.0 Å². The number of aliphatic carboxylic acids is 1. The van der Waals surface area contributed by atoms with Crippen molar-refractivity contribution in [1.82, 2.24) is 4.98 Å². The van der Waals surface area contributed by atoms with Gasteiger partial charge in [-0.25, -0.2) is 15.1 Å². The fraction of sp³-hybridized carbons (Fsp3) is 0.0833. The van der Waals surface area contributed by atoms with Gasteiger partial charge in [0.15, 0.2) is 5.75 Å². The van der Waals surface area contributed by atoms with Crippen molar-refractivity contribution in [1.29, 1.82) is 0 Å². The van der Waals surface area contributed by atoms with Crippen LogP contribution in [0.4, 0.5) is 5.82 Å². The first kappa shape index (κ1) is 13.4. The Bertz CT molecular complexity index is 705. The zero-order valence-corrected chi connectivity index (χ0v) is 10.6. The Kier molecular flexibility index (Phi) is 3.56. The minimum atomic E-state index is -1.53. The highest BCUT2D eigenvalue weighted by atomic mass is 16.5. The van der Waals surface area contributed by atoms with Crippen LogP contribution in [-0.2, 0) is 4.79 Å². The zero-order valence-electron chi connectivity index (χ0n) is 10.6. The van der Waals surface area contributed by atoms with Gasteiger partial charge < -0.3 is 20.6 Å². The molecule has 2 aromatic rings. The molecule has 8 heteroatoms. The molecule has 0 saturated carbocycles. The van der Waals surface area contributed by atoms with Crippen LogP contribution in [0.25, 0.3) is 10.9 Å². The number of aromatic amines is 2. The molecule has 6 N–H and O–H groups in total. The van der Waals surface area contributed by atoms with Crippen LogP contribution in [0.5, 0.6) is 5.75 Å². The molecular weight excluding hydrogens is 264 g/mol. The lowest BCUT2D eigenvalue weighted by molar-refractivity contribution is -0.360. The number of nitrogens with one attached hydrogen (secondary N) is 3. The van der Waals surface area contributed by atoms with Crippen molar-refractivity contribution in [2.24, 2.45) is 5.73 Å². The number of carboxylic acids is 1. The normalized spacial score (nSPS) is 10.8. The average molecular weight is 277 g/mol. The van der Waals surface area contributed by atoms with Gasteiger partial charge in [-0.3, -0.25) is 4.79 Å². The summed E-state index contributed by atoms with van der Waals surface area (Å²) in [6, 6.07) is 0. The fourth-order valence-corrected chi connectivity index (χ4v) is 1.86. The standard InChI is InChI=1S/C12H12N4O4/c1-20-7-5-16-11(14-3-2-13)9-8(7)6(4-15-9)10(17)12(18)19/h2-5,15H,13H2,1H3,(H,14,16)(H,18,19)/p+1. The fourth-order valence-electron chi connectivity index (χ4n) is 1.86. The van der Waals surface area contributed by atoms with Gasteiger partial charge in [-0.05, 0) is 0 Å². The van der Waals surface area contributed by atoms with Crippen molar-refractivity contribution in [3.05, 3.63) is 30.4 Å². The van der Waals surface area contributed by atoms with Crippen molar-refractivity contribution in [2.45, 2.75) is 0 Å². The maximum absolute atomic E-state index is 11.7. The van der Waals surface area contributed by atoms with Crippen LogP contribution in [0.2, 0.25) is 0 Å². The second-order valence-corrected chi connectivity index (χ2v) is 3.82. The molecule has 2 rings (SSSR count). The van der Waals surface area contributed by atoms with Gasteiger partial charge in [0.1, 0.15) is 17.9 Å². The SMILES string of the molecule is COc1c[nH+]c(NC=CN)c2[nH]cc(C(=O)C(=O)O)c12. The van der Waals surface area contributed by atoms with Gasteiger partial charge in [0.25, 0.3) is 5.78 Å². The molecule has 0 amide bonds. The number of ketones is 1. The lowest BCUT2D eigenvalue weighted by Crippen LogP contribution is -2.14. The summed E-state index contributed by atoms with van der Waals surface area (Å²) in [7, 11) is 1.43. The van der Waals surface area contributed by atoms with Crippen molar-refractivity contribution in [3.8, 4) is 5.75 Å². The molecule has 0 aliphatic rings. The van der Waals surface area contributed by atoms with Crippen LogP contribution in [0, 0.1) is 0 Å². The van der Waals surface area contributed by atoms with E-state index in [4.69, 9.17) is 15.6 Å². The number of hydrogen-bond donors (Lipinski definition) is 4. The lowest BCUT2D eigenvalue weighted by atomic mass is 10.1. The van der Waals surface area contributed by atoms with E-state index >= 15 is 0 Å². The average Bonchev–Trinajstić information content (AvgIpc) is 2.88. The highest BCUT2D eigenvalue weighted by Crippen LogP contribution is 2.30. The first-order valence-corrected chi connectivity index (χ1v) is 5.60. The highest BCUT2D eigenvalue weighted by molar-refractivity contribution is 6.42. The van der Waals surface area contributed by atoms with E-state index in [1.165, 1.54) is 31.9 Å². The largest absolute Gasteiger partial charge is 0.492 e. The monoisotopic (exact) mass is 277 g/mol. The van der Waals surface area contributed by atoms with Gasteiger partial charge in [0.2, 0.25) is 0 Å². The van der Waals surface area contributed by atoms with Crippen LogP contribution in [0.3, 0.4) is 0 Å². The molecule has 8 nitrogen and oxygen atoms in total. The summed E-state index contributed by atoms with van der Waals surface area (Å²) in [5, 5.41) is 12.1. The number of anilines is 1. The molecule has 2 aromatic heterocycles. The molecule has 0 radical (unpaired) electrons. The van der Waals surface area contributed by atoms with E-state index in [1.807, 2.05) is 0 Å². The van der Waals surface area contributed by atoms with Crippen molar-refractivity contribution < 1.29 is 24.4 Å². The third-order valence-corrected chi connectivity index (χ3v) is 2.71. The minimum Gasteiger partial charge on any atom is -0.492 e. The number of carboxylic acid groups (broad SMARTS) is 1. The van der Waals surface area contributed by atoms with Gasteiger partial charge in [0, 0.05) is 12.4 Å². The Morgan fingerprint density at radius 2 is 2.30 bits per heavy atom. The summed E-state index contributed by atoms with van der Waals surface area (Å²) in [5.41, 5.74) is 5.78. The maximum Gasteiger partial charge on any atom is 0.377 e. The van der Waals surface area contributed by atoms with E-state index in [0.717, 1.165) is 0 Å². The van der Waals surface area contributed by atoms with Crippen LogP contribution in [0.1, 0.15) is 10.4 Å². The second kappa shape index (κ2) is 5.31. The summed E-state index contributed by atoms with van der Waals surface area (Å²) in [4.78, 5) is 28.3. The number of pyridine rings is 1. The third kappa shape index (κ3) is 2.14. The molecule has 104 valence electrons. The summed E-state index contributed by atoms with van der Waals surface area (Å²) in [6.07, 6.45) is 5.63. The van der Waals surface area contributed by atoms with E-state index in [0.29, 0.717) is 22.5 Å². The molecule has 0 spiro atoms. The molecule has 0 bridgehead atoms. The van der Waals surface area contributed by atoms with Gasteiger partial charge in [-0.15, -0.1) is 0 Å². The van der Waals surface area contributed by atoms with Gasteiger partial charge in [0.05, 0.1) is 18.1 Å². The molecular formula is C12H13N4O4+. The van der Waals surface area contributed by atoms with Crippen molar-refractivity contribution in [2.75, 3.05) is 12.4 Å². The Labute approximate surface area is 113 Å². The number of ether oxygens (including phenoxy) is 1. The number of carbonyl (C=O) groups is 2. The van der Waals surface area contributed by atoms with Crippen molar-refractivity contribution in [3.63, 3.8) is 0 Å². The molecule has 2 heterocycles. The van der Waals surface area contributed by atoms with Crippen LogP contribution in [0.15, 0.2) is 24.8 Å². The van der Waals surface area contributed by atoms with E-state index in [2.05, 4.69) is 15.3 Å². The minimum absolute atomic E-state index is 0.0260. The number of Topliss-reactive ketones (excluding diaryl/α,β-unsaturated/α-hetero) is 1. The lowest BCUT2D eigenvalue weighted by Gasteiger charge is -2.03. The molecule has 0 atom stereocenters. The Balaban J connectivity index is 2.68.